The number of hydrogen-bond donors (Lipinski definition) is 1. The van der Waals surface area contributed by atoms with E-state index in [1.165, 1.54) is 37.7 Å². The second-order valence-corrected chi connectivity index (χ2v) is 7.20. The average molecular weight is 298 g/mol. The number of fused-ring (bicyclic) bond motifs is 2. The summed E-state index contributed by atoms with van der Waals surface area (Å²) in [6, 6.07) is 6.10. The highest BCUT2D eigenvalue weighted by Gasteiger charge is 2.39. The van der Waals surface area contributed by atoms with Crippen LogP contribution < -0.4 is 5.73 Å². The molecule has 2 saturated carbocycles. The molecule has 4 unspecified atom stereocenters. The predicted molar refractivity (Wildman–Crippen MR) is 81.7 cm³/mol. The van der Waals surface area contributed by atoms with Crippen molar-refractivity contribution in [2.75, 3.05) is 0 Å². The largest absolute Gasteiger partial charge is 0.327 e. The molecule has 1 aromatic carbocycles. The first-order valence-electron chi connectivity index (χ1n) is 7.31. The van der Waals surface area contributed by atoms with E-state index in [1.54, 1.807) is 0 Å². The Kier molecular flexibility index (Phi) is 4.07. The molecule has 0 aromatic heterocycles. The zero-order valence-electron chi connectivity index (χ0n) is 11.1. The van der Waals surface area contributed by atoms with Crippen LogP contribution in [0.1, 0.15) is 37.7 Å². The van der Waals surface area contributed by atoms with Crippen LogP contribution in [0.2, 0.25) is 10.0 Å². The summed E-state index contributed by atoms with van der Waals surface area (Å²) < 4.78 is 0. The molecule has 0 aliphatic heterocycles. The van der Waals surface area contributed by atoms with Crippen molar-refractivity contribution < 1.29 is 0 Å². The Morgan fingerprint density at radius 1 is 1.16 bits per heavy atom. The molecule has 0 radical (unpaired) electrons. The summed E-state index contributed by atoms with van der Waals surface area (Å²) in [5, 5.41) is 1.25. The molecule has 2 fully saturated rings. The van der Waals surface area contributed by atoms with Gasteiger partial charge in [-0.25, -0.2) is 0 Å². The molecule has 3 rings (SSSR count). The fraction of sp³-hybridized carbons (Fsp3) is 0.625. The van der Waals surface area contributed by atoms with Gasteiger partial charge in [-0.15, -0.1) is 0 Å². The van der Waals surface area contributed by atoms with Crippen molar-refractivity contribution in [2.24, 2.45) is 23.5 Å². The second kappa shape index (κ2) is 5.63. The number of hydrogen-bond acceptors (Lipinski definition) is 1. The summed E-state index contributed by atoms with van der Waals surface area (Å²) >= 11 is 12.0. The topological polar surface area (TPSA) is 26.0 Å². The molecule has 0 saturated heterocycles. The SMILES string of the molecule is NC(Cc1ccc(Cl)c(Cl)c1)CC1CC2CCC1C2. The van der Waals surface area contributed by atoms with E-state index in [0.717, 1.165) is 24.2 Å². The minimum atomic E-state index is 0.251. The average Bonchev–Trinajstić information content (AvgIpc) is 2.96. The number of halogens is 2. The Bertz CT molecular complexity index is 460. The van der Waals surface area contributed by atoms with E-state index in [9.17, 15) is 0 Å². The Balaban J connectivity index is 1.56. The van der Waals surface area contributed by atoms with Gasteiger partial charge < -0.3 is 5.73 Å². The quantitative estimate of drug-likeness (QED) is 0.857. The Labute approximate surface area is 125 Å². The van der Waals surface area contributed by atoms with Gasteiger partial charge in [-0.1, -0.05) is 35.7 Å². The second-order valence-electron chi connectivity index (χ2n) is 6.38. The van der Waals surface area contributed by atoms with E-state index >= 15 is 0 Å². The fourth-order valence-corrected chi connectivity index (χ4v) is 4.43. The van der Waals surface area contributed by atoms with Gasteiger partial charge in [0.05, 0.1) is 10.0 Å². The Morgan fingerprint density at radius 3 is 2.63 bits per heavy atom. The zero-order chi connectivity index (χ0) is 13.4. The van der Waals surface area contributed by atoms with Crippen LogP contribution in [-0.2, 0) is 6.42 Å². The molecule has 0 heterocycles. The third-order valence-electron chi connectivity index (χ3n) is 4.97. The van der Waals surface area contributed by atoms with E-state index < -0.39 is 0 Å². The smallest absolute Gasteiger partial charge is 0.0595 e. The molecule has 2 aliphatic rings. The lowest BCUT2D eigenvalue weighted by Gasteiger charge is -2.24. The Morgan fingerprint density at radius 2 is 2.00 bits per heavy atom. The highest BCUT2D eigenvalue weighted by molar-refractivity contribution is 6.42. The van der Waals surface area contributed by atoms with Crippen LogP contribution in [-0.4, -0.2) is 6.04 Å². The van der Waals surface area contributed by atoms with Crippen LogP contribution in [0.3, 0.4) is 0 Å². The van der Waals surface area contributed by atoms with Crippen molar-refractivity contribution >= 4 is 23.2 Å². The first-order chi connectivity index (χ1) is 9.11. The lowest BCUT2D eigenvalue weighted by molar-refractivity contribution is 0.294. The lowest BCUT2D eigenvalue weighted by Crippen LogP contribution is -2.28. The molecule has 0 spiro atoms. The van der Waals surface area contributed by atoms with Crippen LogP contribution in [0.25, 0.3) is 0 Å². The molecular formula is C16H21Cl2N. The van der Waals surface area contributed by atoms with Crippen molar-refractivity contribution in [3.05, 3.63) is 33.8 Å². The Hall–Kier alpha value is -0.240. The first kappa shape index (κ1) is 13.7. The molecular weight excluding hydrogens is 277 g/mol. The zero-order valence-corrected chi connectivity index (χ0v) is 12.6. The highest BCUT2D eigenvalue weighted by Crippen LogP contribution is 2.49. The standard InChI is InChI=1S/C16H21Cl2N/c17-15-4-2-11(8-16(15)18)7-14(19)9-13-6-10-1-3-12(13)5-10/h2,4,8,10,12-14H,1,3,5-7,9,19H2. The van der Waals surface area contributed by atoms with E-state index in [4.69, 9.17) is 28.9 Å². The summed E-state index contributed by atoms with van der Waals surface area (Å²) in [5.41, 5.74) is 7.53. The minimum absolute atomic E-state index is 0.251. The summed E-state index contributed by atoms with van der Waals surface area (Å²) in [6.45, 7) is 0. The van der Waals surface area contributed by atoms with Crippen LogP contribution in [0.15, 0.2) is 18.2 Å². The third kappa shape index (κ3) is 3.09. The van der Waals surface area contributed by atoms with Gasteiger partial charge in [-0.2, -0.15) is 0 Å². The van der Waals surface area contributed by atoms with Crippen molar-refractivity contribution in [1.29, 1.82) is 0 Å². The minimum Gasteiger partial charge on any atom is -0.327 e. The van der Waals surface area contributed by atoms with Gasteiger partial charge in [0.15, 0.2) is 0 Å². The van der Waals surface area contributed by atoms with Gasteiger partial charge in [0, 0.05) is 6.04 Å². The molecule has 4 atom stereocenters. The van der Waals surface area contributed by atoms with Crippen molar-refractivity contribution in [3.63, 3.8) is 0 Å². The molecule has 1 aromatic rings. The third-order valence-corrected chi connectivity index (χ3v) is 5.71. The van der Waals surface area contributed by atoms with Gasteiger partial charge >= 0.3 is 0 Å². The van der Waals surface area contributed by atoms with Gasteiger partial charge in [-0.3, -0.25) is 0 Å². The molecule has 19 heavy (non-hydrogen) atoms. The normalized spacial score (nSPS) is 30.8. The van der Waals surface area contributed by atoms with E-state index in [2.05, 4.69) is 0 Å². The summed E-state index contributed by atoms with van der Waals surface area (Å²) in [6.07, 6.45) is 7.86. The molecule has 0 amide bonds. The highest BCUT2D eigenvalue weighted by atomic mass is 35.5. The number of rotatable bonds is 4. The van der Waals surface area contributed by atoms with Crippen LogP contribution >= 0.6 is 23.2 Å². The van der Waals surface area contributed by atoms with E-state index in [0.29, 0.717) is 10.0 Å². The maximum Gasteiger partial charge on any atom is 0.0595 e. The van der Waals surface area contributed by atoms with Gasteiger partial charge in [0.1, 0.15) is 0 Å². The summed E-state index contributed by atoms with van der Waals surface area (Å²) in [7, 11) is 0. The summed E-state index contributed by atoms with van der Waals surface area (Å²) in [5.74, 6) is 2.84. The molecule has 1 nitrogen and oxygen atoms in total. The maximum atomic E-state index is 6.33. The summed E-state index contributed by atoms with van der Waals surface area (Å²) in [4.78, 5) is 0. The lowest BCUT2D eigenvalue weighted by atomic mass is 9.83. The van der Waals surface area contributed by atoms with Gasteiger partial charge in [0.2, 0.25) is 0 Å². The maximum absolute atomic E-state index is 6.33. The van der Waals surface area contributed by atoms with Gasteiger partial charge in [-0.05, 0) is 67.6 Å². The van der Waals surface area contributed by atoms with E-state index in [-0.39, 0.29) is 6.04 Å². The first-order valence-corrected chi connectivity index (χ1v) is 8.07. The monoisotopic (exact) mass is 297 g/mol. The molecule has 2 aliphatic carbocycles. The van der Waals surface area contributed by atoms with Crippen molar-refractivity contribution in [3.8, 4) is 0 Å². The predicted octanol–water partition coefficient (Wildman–Crippen LogP) is 4.69. The number of benzene rings is 1. The molecule has 3 heteroatoms. The van der Waals surface area contributed by atoms with Crippen LogP contribution in [0, 0.1) is 17.8 Å². The fourth-order valence-electron chi connectivity index (χ4n) is 4.11. The van der Waals surface area contributed by atoms with Crippen molar-refractivity contribution in [1.82, 2.24) is 0 Å². The number of nitrogens with two attached hydrogens (primary N) is 1. The van der Waals surface area contributed by atoms with Gasteiger partial charge in [0.25, 0.3) is 0 Å². The van der Waals surface area contributed by atoms with Crippen molar-refractivity contribution in [2.45, 2.75) is 44.6 Å². The molecule has 104 valence electrons. The molecule has 2 bridgehead atoms. The molecule has 2 N–H and O–H groups in total. The van der Waals surface area contributed by atoms with Crippen LogP contribution in [0.4, 0.5) is 0 Å². The van der Waals surface area contributed by atoms with Crippen LogP contribution in [0.5, 0.6) is 0 Å². The van der Waals surface area contributed by atoms with E-state index in [1.807, 2.05) is 18.2 Å².